The van der Waals surface area contributed by atoms with E-state index in [1.807, 2.05) is 60.7 Å². The van der Waals surface area contributed by atoms with Crippen molar-refractivity contribution in [3.63, 3.8) is 0 Å². The van der Waals surface area contributed by atoms with Crippen LogP contribution in [0, 0.1) is 11.8 Å². The second-order valence-electron chi connectivity index (χ2n) is 20.9. The van der Waals surface area contributed by atoms with Crippen molar-refractivity contribution in [2.75, 3.05) is 19.6 Å². The van der Waals surface area contributed by atoms with E-state index in [0.29, 0.717) is 36.0 Å². The number of primary amides is 1. The van der Waals surface area contributed by atoms with E-state index in [9.17, 15) is 61.5 Å². The fourth-order valence-corrected chi connectivity index (χ4v) is 11.5. The van der Waals surface area contributed by atoms with Crippen LogP contribution in [0.1, 0.15) is 119 Å². The first-order valence-corrected chi connectivity index (χ1v) is 28.8. The van der Waals surface area contributed by atoms with Crippen LogP contribution in [0.25, 0.3) is 10.9 Å². The lowest BCUT2D eigenvalue weighted by molar-refractivity contribution is -0.143. The highest BCUT2D eigenvalue weighted by molar-refractivity contribution is 7.52. The summed E-state index contributed by atoms with van der Waals surface area (Å²) in [5.74, 6) is 1.30. The number of carbonyl (C=O) groups is 9. The first-order chi connectivity index (χ1) is 39.7. The second kappa shape index (κ2) is 25.2. The van der Waals surface area contributed by atoms with Crippen molar-refractivity contribution in [3.05, 3.63) is 142 Å². The van der Waals surface area contributed by atoms with Crippen LogP contribution in [0.3, 0.4) is 0 Å². The molecule has 5 heterocycles. The van der Waals surface area contributed by atoms with Crippen LogP contribution in [-0.2, 0) is 45.5 Å². The fourth-order valence-electron chi connectivity index (χ4n) is 11.0. The molecule has 0 saturated carbocycles. The molecule has 434 valence electrons. The SMILES string of the molecule is NC(=O)CC[C@H](NC(=O)[C@@H]1CC[C@@H]2CCN(C(=O)NCCCCC#Cc3cccc4c3CN(C3CCC(=O)NC3=O)C4=O)C[C@H](NC(=O)c3cc4cc(C(F)(F)P(=O)(O)O)ccc4[nH]3)C(=O)N21)C(=O)NC(c1ccccc1)c1ccccc1. The predicted octanol–water partition coefficient (Wildman–Crippen LogP) is 3.91. The third-order valence-electron chi connectivity index (χ3n) is 15.3. The van der Waals surface area contributed by atoms with Gasteiger partial charge >= 0.3 is 19.3 Å². The number of urea groups is 1. The zero-order chi connectivity index (χ0) is 59.2. The Kier molecular flexibility index (Phi) is 17.8. The molecule has 0 spiro atoms. The van der Waals surface area contributed by atoms with Crippen LogP contribution in [0.15, 0.2) is 103 Å². The standard InChI is InChI=1S/C58H61F2N10O12P/c59-58(60,83(80,81)82)38-19-21-42-37(30-38)31-44(63-42)52(74)65-45-33-68(57(79)62-28-10-2-1-5-12-34-17-11-18-40-41(34)32-69(55(40)77)46-24-26-49(72)66-53(46)75)29-27-39-20-23-47(70(39)56(45)78)54(76)64-43(22-25-48(61)71)51(73)67-50(35-13-6-3-7-14-35)36-15-8-4-9-16-36/h3-4,6-9,11,13-19,21,30-31,39,43,45-47,50,63H,1-2,10,20,22-29,32-33H2,(H2,61,71)(H,62,79)(H,64,76)(H,65,74)(H,67,73)(H,66,72,75)(H2,80,81,82)/t39-,43+,45+,46?,47+/m1/s1. The minimum absolute atomic E-state index is 0.0136. The molecular formula is C58H61F2N10O12P. The number of imide groups is 1. The summed E-state index contributed by atoms with van der Waals surface area (Å²) in [6.07, 6.45) is 1.97. The number of aromatic nitrogens is 1. The monoisotopic (exact) mass is 1160 g/mol. The second-order valence-corrected chi connectivity index (χ2v) is 22.5. The molecule has 3 fully saturated rings. The Labute approximate surface area is 474 Å². The molecule has 10 N–H and O–H groups in total. The van der Waals surface area contributed by atoms with E-state index in [0.717, 1.165) is 35.4 Å². The van der Waals surface area contributed by atoms with Gasteiger partial charge in [-0.1, -0.05) is 84.6 Å². The highest BCUT2D eigenvalue weighted by atomic mass is 31.2. The smallest absolute Gasteiger partial charge is 0.370 e. The van der Waals surface area contributed by atoms with E-state index in [2.05, 4.69) is 43.4 Å². The zero-order valence-electron chi connectivity index (χ0n) is 44.8. The summed E-state index contributed by atoms with van der Waals surface area (Å²) >= 11 is 0. The molecule has 0 bridgehead atoms. The lowest BCUT2D eigenvalue weighted by atomic mass is 9.98. The van der Waals surface area contributed by atoms with Gasteiger partial charge in [0.25, 0.3) is 11.8 Å². The average molecular weight is 1160 g/mol. The van der Waals surface area contributed by atoms with Crippen molar-refractivity contribution < 1.29 is 66.3 Å². The summed E-state index contributed by atoms with van der Waals surface area (Å²) in [5, 5.41) is 13.6. The number of nitrogens with two attached hydrogens (primary N) is 1. The van der Waals surface area contributed by atoms with Crippen molar-refractivity contribution in [1.82, 2.24) is 46.3 Å². The fraction of sp³-hybridized carbons (Fsp3) is 0.362. The Morgan fingerprint density at radius 1 is 0.855 bits per heavy atom. The molecule has 9 rings (SSSR count). The van der Waals surface area contributed by atoms with Crippen LogP contribution in [-0.4, -0.2) is 133 Å². The maximum atomic E-state index is 15.0. The van der Waals surface area contributed by atoms with Gasteiger partial charge in [-0.2, -0.15) is 8.78 Å². The Bertz CT molecular complexity index is 3440. The lowest BCUT2D eigenvalue weighted by Gasteiger charge is -2.39. The van der Waals surface area contributed by atoms with E-state index in [1.54, 1.807) is 18.2 Å². The number of halogens is 2. The highest BCUT2D eigenvalue weighted by Gasteiger charge is 2.51. The minimum atomic E-state index is -5.94. The maximum absolute atomic E-state index is 15.0. The molecular weight excluding hydrogens is 1100 g/mol. The molecule has 5 aromatic rings. The third kappa shape index (κ3) is 13.3. The number of H-pyrrole nitrogens is 1. The first-order valence-electron chi connectivity index (χ1n) is 27.2. The number of nitrogens with zero attached hydrogens (tertiary/aromatic N) is 3. The summed E-state index contributed by atoms with van der Waals surface area (Å²) < 4.78 is 41.1. The molecule has 1 aromatic heterocycles. The van der Waals surface area contributed by atoms with Gasteiger partial charge in [0.05, 0.1) is 12.6 Å². The third-order valence-corrected chi connectivity index (χ3v) is 16.3. The molecule has 1 unspecified atom stereocenters. The molecule has 0 aliphatic carbocycles. The molecule has 4 aromatic carbocycles. The molecule has 4 aliphatic rings. The number of unbranched alkanes of at least 4 members (excludes halogenated alkanes) is 2. The highest BCUT2D eigenvalue weighted by Crippen LogP contribution is 2.59. The van der Waals surface area contributed by atoms with E-state index in [4.69, 9.17) is 5.73 Å². The molecule has 83 heavy (non-hydrogen) atoms. The number of amides is 10. The quantitative estimate of drug-likeness (QED) is 0.0261. The normalized spacial score (nSPS) is 19.4. The maximum Gasteiger partial charge on any atom is 0.399 e. The number of alkyl halides is 2. The average Bonchev–Trinajstić information content (AvgIpc) is 4.43. The van der Waals surface area contributed by atoms with Crippen LogP contribution in [0.2, 0.25) is 0 Å². The number of rotatable bonds is 18. The number of benzene rings is 4. The van der Waals surface area contributed by atoms with Gasteiger partial charge in [-0.3, -0.25) is 48.2 Å². The van der Waals surface area contributed by atoms with Gasteiger partial charge in [-0.05, 0) is 92.0 Å². The van der Waals surface area contributed by atoms with Gasteiger partial charge in [-0.15, -0.1) is 0 Å². The van der Waals surface area contributed by atoms with Crippen LogP contribution >= 0.6 is 7.60 Å². The summed E-state index contributed by atoms with van der Waals surface area (Å²) in [6.45, 7) is 0.0237. The van der Waals surface area contributed by atoms with Gasteiger partial charge in [0.1, 0.15) is 29.9 Å². The number of fused-ring (bicyclic) bond motifs is 3. The molecule has 5 atom stereocenters. The van der Waals surface area contributed by atoms with E-state index in [1.165, 1.54) is 14.7 Å². The Morgan fingerprint density at radius 2 is 1.58 bits per heavy atom. The summed E-state index contributed by atoms with van der Waals surface area (Å²) in [5.41, 5.74) is 3.12. The lowest BCUT2D eigenvalue weighted by Crippen LogP contribution is -2.62. The molecule has 22 nitrogen and oxygen atoms in total. The minimum Gasteiger partial charge on any atom is -0.370 e. The number of nitrogens with one attached hydrogen (secondary N) is 6. The van der Waals surface area contributed by atoms with Crippen LogP contribution in [0.4, 0.5) is 13.6 Å². The topological polar surface area (TPSA) is 323 Å². The number of hydrogen-bond acceptors (Lipinski definition) is 10. The zero-order valence-corrected chi connectivity index (χ0v) is 45.7. The molecule has 10 amide bonds. The van der Waals surface area contributed by atoms with Gasteiger partial charge in [0.15, 0.2) is 0 Å². The van der Waals surface area contributed by atoms with Gasteiger partial charge < -0.3 is 56.5 Å². The van der Waals surface area contributed by atoms with Crippen molar-refractivity contribution in [1.29, 1.82) is 0 Å². The summed E-state index contributed by atoms with van der Waals surface area (Å²) in [6, 6.07) is 20.7. The molecule has 4 aliphatic heterocycles. The van der Waals surface area contributed by atoms with Gasteiger partial charge in [0.2, 0.25) is 35.4 Å². The number of piperidine rings is 1. The summed E-state index contributed by atoms with van der Waals surface area (Å²) in [7, 11) is -5.94. The molecule has 0 radical (unpaired) electrons. The predicted molar refractivity (Wildman–Crippen MR) is 295 cm³/mol. The Hall–Kier alpha value is -8.78. The summed E-state index contributed by atoms with van der Waals surface area (Å²) in [4.78, 5) is 147. The van der Waals surface area contributed by atoms with Gasteiger partial charge in [-0.25, -0.2) is 4.79 Å². The molecule has 25 heteroatoms. The van der Waals surface area contributed by atoms with Crippen LogP contribution < -0.4 is 32.3 Å². The Morgan fingerprint density at radius 3 is 2.27 bits per heavy atom. The first kappa shape index (κ1) is 58.9. The Balaban J connectivity index is 0.888. The van der Waals surface area contributed by atoms with Crippen molar-refractivity contribution in [3.8, 4) is 11.8 Å². The van der Waals surface area contributed by atoms with E-state index >= 15 is 4.79 Å². The van der Waals surface area contributed by atoms with Gasteiger partial charge in [0, 0.05) is 72.5 Å². The number of aromatic amines is 1. The van der Waals surface area contributed by atoms with Crippen molar-refractivity contribution in [2.45, 2.75) is 113 Å². The molecule has 3 saturated heterocycles. The van der Waals surface area contributed by atoms with Crippen molar-refractivity contribution in [2.24, 2.45) is 5.73 Å². The van der Waals surface area contributed by atoms with Crippen molar-refractivity contribution >= 4 is 71.8 Å². The van der Waals surface area contributed by atoms with E-state index in [-0.39, 0.29) is 93.0 Å². The van der Waals surface area contributed by atoms with Crippen LogP contribution in [0.5, 0.6) is 0 Å². The number of hydrogen-bond donors (Lipinski definition) is 9. The van der Waals surface area contributed by atoms with E-state index < -0.39 is 103 Å². The largest absolute Gasteiger partial charge is 0.399 e. The number of carbonyl (C=O) groups excluding carboxylic acids is 9.